The summed E-state index contributed by atoms with van der Waals surface area (Å²) >= 11 is 0. The van der Waals surface area contributed by atoms with E-state index in [1.807, 2.05) is 62.6 Å². The molecule has 0 aromatic heterocycles. The predicted molar refractivity (Wildman–Crippen MR) is 105 cm³/mol. The average Bonchev–Trinajstić information content (AvgIpc) is 2.62. The molecule has 0 saturated carbocycles. The molecule has 0 aliphatic heterocycles. The highest BCUT2D eigenvalue weighted by Gasteiger charge is 2.11. The molecule has 1 N–H and O–H groups in total. The first-order valence-electron chi connectivity index (χ1n) is 8.46. The van der Waals surface area contributed by atoms with Crippen molar-refractivity contribution < 1.29 is 14.3 Å². The van der Waals surface area contributed by atoms with E-state index in [-0.39, 0.29) is 12.5 Å². The van der Waals surface area contributed by atoms with Gasteiger partial charge in [0.2, 0.25) is 0 Å². The van der Waals surface area contributed by atoms with E-state index in [4.69, 9.17) is 9.47 Å². The fourth-order valence-electron chi connectivity index (χ4n) is 2.58. The van der Waals surface area contributed by atoms with Crippen molar-refractivity contribution in [1.29, 1.82) is 0 Å². The van der Waals surface area contributed by atoms with Crippen LogP contribution >= 0.6 is 0 Å². The summed E-state index contributed by atoms with van der Waals surface area (Å²) in [6.45, 7) is 4.39. The summed E-state index contributed by atoms with van der Waals surface area (Å²) in [7, 11) is 5.56. The lowest BCUT2D eigenvalue weighted by atomic mass is 10.1. The number of para-hydroxylation sites is 1. The highest BCUT2D eigenvalue weighted by atomic mass is 16.5. The number of nitrogens with zero attached hydrogens (tertiary/aromatic N) is 1. The first-order valence-corrected chi connectivity index (χ1v) is 8.46. The van der Waals surface area contributed by atoms with Crippen LogP contribution in [0.5, 0.6) is 11.5 Å². The summed E-state index contributed by atoms with van der Waals surface area (Å²) in [6, 6.07) is 13.4. The van der Waals surface area contributed by atoms with Gasteiger partial charge in [-0.3, -0.25) is 4.79 Å². The number of hydrogen-bond acceptors (Lipinski definition) is 4. The second-order valence-electron chi connectivity index (χ2n) is 6.21. The van der Waals surface area contributed by atoms with Gasteiger partial charge in [-0.1, -0.05) is 30.3 Å². The molecule has 0 saturated heterocycles. The van der Waals surface area contributed by atoms with Crippen molar-refractivity contribution in [3.63, 3.8) is 0 Å². The van der Waals surface area contributed by atoms with Gasteiger partial charge in [-0.15, -0.1) is 6.58 Å². The number of hydrogen-bond donors (Lipinski definition) is 1. The second kappa shape index (κ2) is 9.63. The maximum atomic E-state index is 12.3. The average molecular weight is 354 g/mol. The number of ether oxygens (including phenoxy) is 2. The first-order chi connectivity index (χ1) is 12.5. The van der Waals surface area contributed by atoms with E-state index in [2.05, 4.69) is 16.8 Å². The van der Waals surface area contributed by atoms with Gasteiger partial charge < -0.3 is 19.7 Å². The zero-order chi connectivity index (χ0) is 18.9. The molecule has 0 radical (unpaired) electrons. The topological polar surface area (TPSA) is 50.8 Å². The molecule has 0 spiro atoms. The number of amides is 1. The molecule has 26 heavy (non-hydrogen) atoms. The Morgan fingerprint density at radius 3 is 2.65 bits per heavy atom. The molecule has 0 fully saturated rings. The van der Waals surface area contributed by atoms with Gasteiger partial charge in [-0.05, 0) is 49.8 Å². The summed E-state index contributed by atoms with van der Waals surface area (Å²) in [4.78, 5) is 14.3. The molecule has 138 valence electrons. The van der Waals surface area contributed by atoms with Crippen LogP contribution < -0.4 is 14.8 Å². The van der Waals surface area contributed by atoms with E-state index < -0.39 is 0 Å². The number of rotatable bonds is 9. The molecule has 0 atom stereocenters. The molecule has 0 aliphatic rings. The Morgan fingerprint density at radius 2 is 1.96 bits per heavy atom. The van der Waals surface area contributed by atoms with Gasteiger partial charge in [0, 0.05) is 12.2 Å². The molecule has 5 nitrogen and oxygen atoms in total. The highest BCUT2D eigenvalue weighted by Crippen LogP contribution is 2.28. The highest BCUT2D eigenvalue weighted by molar-refractivity contribution is 5.92. The van der Waals surface area contributed by atoms with Crippen molar-refractivity contribution in [1.82, 2.24) is 4.90 Å². The van der Waals surface area contributed by atoms with E-state index >= 15 is 0 Å². The largest absolute Gasteiger partial charge is 0.493 e. The lowest BCUT2D eigenvalue weighted by Gasteiger charge is -2.15. The molecule has 2 aromatic carbocycles. The normalized spacial score (nSPS) is 10.5. The van der Waals surface area contributed by atoms with Crippen LogP contribution in [-0.2, 0) is 17.8 Å². The lowest BCUT2D eigenvalue weighted by molar-refractivity contribution is -0.118. The predicted octanol–water partition coefficient (Wildman–Crippen LogP) is 3.50. The van der Waals surface area contributed by atoms with Crippen LogP contribution in [0, 0.1) is 0 Å². The van der Waals surface area contributed by atoms with E-state index in [1.165, 1.54) is 0 Å². The summed E-state index contributed by atoms with van der Waals surface area (Å²) < 4.78 is 11.0. The Balaban J connectivity index is 2.00. The quantitative estimate of drug-likeness (QED) is 0.700. The smallest absolute Gasteiger partial charge is 0.262 e. The van der Waals surface area contributed by atoms with Gasteiger partial charge in [-0.25, -0.2) is 0 Å². The summed E-state index contributed by atoms with van der Waals surface area (Å²) in [5.74, 6) is 0.927. The number of anilines is 1. The minimum atomic E-state index is -0.214. The SMILES string of the molecule is C=CCc1ccc(OCC(=O)Nc2ccccc2CN(C)C)c(OC)c1. The zero-order valence-electron chi connectivity index (χ0n) is 15.6. The minimum Gasteiger partial charge on any atom is -0.493 e. The Hall–Kier alpha value is -2.79. The summed E-state index contributed by atoms with van der Waals surface area (Å²) in [6.07, 6.45) is 2.58. The van der Waals surface area contributed by atoms with Crippen molar-refractivity contribution in [3.05, 3.63) is 66.2 Å². The van der Waals surface area contributed by atoms with Crippen LogP contribution in [0.15, 0.2) is 55.1 Å². The third-order valence-corrected chi connectivity index (χ3v) is 3.74. The molecule has 1 amide bonds. The second-order valence-corrected chi connectivity index (χ2v) is 6.21. The van der Waals surface area contributed by atoms with Gasteiger partial charge in [0.05, 0.1) is 7.11 Å². The van der Waals surface area contributed by atoms with E-state index in [0.29, 0.717) is 11.5 Å². The van der Waals surface area contributed by atoms with Gasteiger partial charge >= 0.3 is 0 Å². The van der Waals surface area contributed by atoms with Crippen LogP contribution in [0.3, 0.4) is 0 Å². The monoisotopic (exact) mass is 354 g/mol. The van der Waals surface area contributed by atoms with E-state index in [1.54, 1.807) is 7.11 Å². The molecule has 5 heteroatoms. The molecular weight excluding hydrogens is 328 g/mol. The minimum absolute atomic E-state index is 0.0898. The Morgan fingerprint density at radius 1 is 1.19 bits per heavy atom. The standard InChI is InChI=1S/C21H26N2O3/c1-5-8-16-11-12-19(20(13-16)25-4)26-15-21(24)22-18-10-7-6-9-17(18)14-23(2)3/h5-7,9-13H,1,8,14-15H2,2-4H3,(H,22,24). The molecule has 0 bridgehead atoms. The van der Waals surface area contributed by atoms with Crippen LogP contribution in [0.1, 0.15) is 11.1 Å². The summed E-state index contributed by atoms with van der Waals surface area (Å²) in [5, 5.41) is 2.91. The number of carbonyl (C=O) groups is 1. The first kappa shape index (κ1) is 19.5. The molecule has 0 aliphatic carbocycles. The van der Waals surface area contributed by atoms with Crippen LogP contribution in [0.2, 0.25) is 0 Å². The molecule has 2 aromatic rings. The van der Waals surface area contributed by atoms with Gasteiger partial charge in [0.25, 0.3) is 5.91 Å². The maximum absolute atomic E-state index is 12.3. The maximum Gasteiger partial charge on any atom is 0.262 e. The van der Waals surface area contributed by atoms with Crippen molar-refractivity contribution in [3.8, 4) is 11.5 Å². The van der Waals surface area contributed by atoms with Crippen LogP contribution in [0.25, 0.3) is 0 Å². The Bertz CT molecular complexity index is 757. The fourth-order valence-corrected chi connectivity index (χ4v) is 2.58. The van der Waals surface area contributed by atoms with Crippen LogP contribution in [0.4, 0.5) is 5.69 Å². The van der Waals surface area contributed by atoms with Gasteiger partial charge in [0.15, 0.2) is 18.1 Å². The third kappa shape index (κ3) is 5.63. The third-order valence-electron chi connectivity index (χ3n) is 3.74. The van der Waals surface area contributed by atoms with Gasteiger partial charge in [-0.2, -0.15) is 0 Å². The number of carbonyl (C=O) groups excluding carboxylic acids is 1. The number of nitrogens with one attached hydrogen (secondary N) is 1. The molecular formula is C21H26N2O3. The van der Waals surface area contributed by atoms with Gasteiger partial charge in [0.1, 0.15) is 0 Å². The van der Waals surface area contributed by atoms with Crippen molar-refractivity contribution >= 4 is 11.6 Å². The summed E-state index contributed by atoms with van der Waals surface area (Å²) in [5.41, 5.74) is 2.92. The molecule has 0 heterocycles. The van der Waals surface area contributed by atoms with Crippen molar-refractivity contribution in [2.24, 2.45) is 0 Å². The fraction of sp³-hybridized carbons (Fsp3) is 0.286. The van der Waals surface area contributed by atoms with E-state index in [9.17, 15) is 4.79 Å². The lowest BCUT2D eigenvalue weighted by Crippen LogP contribution is -2.22. The van der Waals surface area contributed by atoms with Crippen molar-refractivity contribution in [2.45, 2.75) is 13.0 Å². The van der Waals surface area contributed by atoms with Crippen LogP contribution in [-0.4, -0.2) is 38.6 Å². The number of methoxy groups -OCH3 is 1. The number of allylic oxidation sites excluding steroid dienone is 1. The number of benzene rings is 2. The molecule has 0 unspecified atom stereocenters. The molecule has 2 rings (SSSR count). The Kier molecular flexibility index (Phi) is 7.24. The zero-order valence-corrected chi connectivity index (χ0v) is 15.6. The van der Waals surface area contributed by atoms with Crippen molar-refractivity contribution in [2.75, 3.05) is 33.1 Å². The Labute approximate surface area is 155 Å². The van der Waals surface area contributed by atoms with E-state index in [0.717, 1.165) is 29.8 Å².